The fraction of sp³-hybridized carbons (Fsp3) is 0.650. The van der Waals surface area contributed by atoms with Crippen LogP contribution in [0.2, 0.25) is 0 Å². The van der Waals surface area contributed by atoms with Crippen LogP contribution < -0.4 is 0 Å². The zero-order valence-corrected chi connectivity index (χ0v) is 17.2. The SMILES string of the molecule is COC(=O)OC/C=C\CC(C/C=C\COC1CCCCO1)(C(=O)OC)C(=O)OC. The smallest absolute Gasteiger partial charge is 0.468 e. The van der Waals surface area contributed by atoms with Crippen LogP contribution in [0.3, 0.4) is 0 Å². The number of ether oxygens (including phenoxy) is 6. The monoisotopic (exact) mass is 414 g/mol. The van der Waals surface area contributed by atoms with Gasteiger partial charge in [0.1, 0.15) is 6.61 Å². The molecule has 9 nitrogen and oxygen atoms in total. The van der Waals surface area contributed by atoms with Crippen molar-refractivity contribution in [2.24, 2.45) is 5.41 Å². The highest BCUT2D eigenvalue weighted by molar-refractivity contribution is 6.00. The summed E-state index contributed by atoms with van der Waals surface area (Å²) in [5.41, 5.74) is -1.55. The second-order valence-corrected chi connectivity index (χ2v) is 6.31. The molecule has 0 aliphatic carbocycles. The van der Waals surface area contributed by atoms with Crippen LogP contribution in [0, 0.1) is 5.41 Å². The topological polar surface area (TPSA) is 107 Å². The van der Waals surface area contributed by atoms with Crippen molar-refractivity contribution in [3.63, 3.8) is 0 Å². The second-order valence-electron chi connectivity index (χ2n) is 6.31. The minimum Gasteiger partial charge on any atom is -0.468 e. The summed E-state index contributed by atoms with van der Waals surface area (Å²) < 4.78 is 29.8. The Morgan fingerprint density at radius 1 is 0.897 bits per heavy atom. The molecule has 1 fully saturated rings. The predicted octanol–water partition coefficient (Wildman–Crippen LogP) is 2.54. The van der Waals surface area contributed by atoms with Crippen LogP contribution in [0.4, 0.5) is 4.79 Å². The Labute approximate surface area is 170 Å². The van der Waals surface area contributed by atoms with Gasteiger partial charge in [-0.05, 0) is 32.1 Å². The number of carbonyl (C=O) groups excluding carboxylic acids is 3. The largest absolute Gasteiger partial charge is 0.508 e. The fourth-order valence-corrected chi connectivity index (χ4v) is 2.78. The molecule has 29 heavy (non-hydrogen) atoms. The quantitative estimate of drug-likeness (QED) is 0.218. The molecule has 1 atom stereocenters. The number of hydrogen-bond donors (Lipinski definition) is 0. The maximum absolute atomic E-state index is 12.4. The first-order chi connectivity index (χ1) is 14.0. The van der Waals surface area contributed by atoms with E-state index in [1.54, 1.807) is 18.2 Å². The first-order valence-corrected chi connectivity index (χ1v) is 9.41. The van der Waals surface area contributed by atoms with Gasteiger partial charge in [-0.1, -0.05) is 24.3 Å². The molecule has 0 aromatic carbocycles. The Morgan fingerprint density at radius 2 is 1.52 bits per heavy atom. The molecule has 9 heteroatoms. The molecule has 164 valence electrons. The van der Waals surface area contributed by atoms with Crippen molar-refractivity contribution in [1.82, 2.24) is 0 Å². The van der Waals surface area contributed by atoms with Gasteiger partial charge < -0.3 is 28.4 Å². The molecule has 1 saturated heterocycles. The van der Waals surface area contributed by atoms with E-state index in [4.69, 9.17) is 23.7 Å². The number of hydrogen-bond acceptors (Lipinski definition) is 9. The molecule has 1 heterocycles. The van der Waals surface area contributed by atoms with Gasteiger partial charge in [-0.25, -0.2) is 4.79 Å². The minimum absolute atomic E-state index is 0.00775. The van der Waals surface area contributed by atoms with Crippen LogP contribution in [0.1, 0.15) is 32.1 Å². The standard InChI is InChI=1S/C20H30O9/c1-24-17(21)20(18(22)25-2,12-6-9-15-29-19(23)26-3)11-5-8-14-28-16-10-4-7-13-27-16/h5-6,8-9,16H,4,7,10-15H2,1-3H3/b8-5-,9-6-. The second kappa shape index (κ2) is 13.7. The lowest BCUT2D eigenvalue weighted by molar-refractivity contribution is -0.168. The van der Waals surface area contributed by atoms with E-state index in [9.17, 15) is 14.4 Å². The van der Waals surface area contributed by atoms with E-state index in [2.05, 4.69) is 4.74 Å². The van der Waals surface area contributed by atoms with Crippen molar-refractivity contribution in [3.05, 3.63) is 24.3 Å². The summed E-state index contributed by atoms with van der Waals surface area (Å²) in [5, 5.41) is 0. The Morgan fingerprint density at radius 3 is 2.03 bits per heavy atom. The van der Waals surface area contributed by atoms with Gasteiger partial charge in [0.15, 0.2) is 11.7 Å². The summed E-state index contributed by atoms with van der Waals surface area (Å²) in [6, 6.07) is 0. The van der Waals surface area contributed by atoms with E-state index in [-0.39, 0.29) is 25.7 Å². The van der Waals surface area contributed by atoms with E-state index in [0.29, 0.717) is 13.2 Å². The van der Waals surface area contributed by atoms with Crippen LogP contribution in [0.25, 0.3) is 0 Å². The van der Waals surface area contributed by atoms with E-state index in [0.717, 1.165) is 19.3 Å². The van der Waals surface area contributed by atoms with E-state index in [1.807, 2.05) is 0 Å². The highest BCUT2D eigenvalue weighted by Crippen LogP contribution is 2.31. The van der Waals surface area contributed by atoms with Crippen LogP contribution >= 0.6 is 0 Å². The third-order valence-electron chi connectivity index (χ3n) is 4.40. The lowest BCUT2D eigenvalue weighted by atomic mass is 9.80. The Bertz CT molecular complexity index is 561. The van der Waals surface area contributed by atoms with Gasteiger partial charge in [-0.2, -0.15) is 0 Å². The Hall–Kier alpha value is -2.39. The van der Waals surface area contributed by atoms with Gasteiger partial charge in [0.2, 0.25) is 0 Å². The normalized spacial score (nSPS) is 17.3. The average molecular weight is 414 g/mol. The molecule has 0 saturated carbocycles. The molecule has 0 radical (unpaired) electrons. The third kappa shape index (κ3) is 8.25. The summed E-state index contributed by atoms with van der Waals surface area (Å²) in [6.45, 7) is 0.927. The van der Waals surface area contributed by atoms with Crippen molar-refractivity contribution in [2.75, 3.05) is 41.2 Å². The number of carbonyl (C=O) groups is 3. The van der Waals surface area contributed by atoms with Crippen LogP contribution in [0.5, 0.6) is 0 Å². The zero-order valence-electron chi connectivity index (χ0n) is 17.2. The molecule has 1 unspecified atom stereocenters. The summed E-state index contributed by atoms with van der Waals surface area (Å²) in [4.78, 5) is 35.8. The van der Waals surface area contributed by atoms with Crippen molar-refractivity contribution >= 4 is 18.1 Å². The molecule has 0 spiro atoms. The highest BCUT2D eigenvalue weighted by atomic mass is 16.7. The van der Waals surface area contributed by atoms with Gasteiger partial charge in [0.05, 0.1) is 27.9 Å². The van der Waals surface area contributed by atoms with Gasteiger partial charge in [-0.15, -0.1) is 0 Å². The first kappa shape index (κ1) is 24.6. The summed E-state index contributed by atoms with van der Waals surface area (Å²) in [6.07, 6.45) is 8.42. The molecule has 0 bridgehead atoms. The van der Waals surface area contributed by atoms with E-state index < -0.39 is 23.5 Å². The minimum atomic E-state index is -1.55. The average Bonchev–Trinajstić information content (AvgIpc) is 2.76. The molecule has 1 aliphatic rings. The maximum Gasteiger partial charge on any atom is 0.508 e. The van der Waals surface area contributed by atoms with Crippen LogP contribution in [-0.2, 0) is 38.0 Å². The number of allylic oxidation sites excluding steroid dienone is 2. The fourth-order valence-electron chi connectivity index (χ4n) is 2.78. The van der Waals surface area contributed by atoms with Crippen molar-refractivity contribution < 1.29 is 42.8 Å². The molecule has 0 N–H and O–H groups in total. The predicted molar refractivity (Wildman–Crippen MR) is 102 cm³/mol. The molecule has 0 amide bonds. The van der Waals surface area contributed by atoms with Crippen molar-refractivity contribution in [2.45, 2.75) is 38.4 Å². The molecule has 1 aliphatic heterocycles. The van der Waals surface area contributed by atoms with Gasteiger partial charge in [0.25, 0.3) is 0 Å². The summed E-state index contributed by atoms with van der Waals surface area (Å²) in [5.74, 6) is -1.44. The van der Waals surface area contributed by atoms with E-state index >= 15 is 0 Å². The molecule has 0 aromatic rings. The molecule has 1 rings (SSSR count). The summed E-state index contributed by atoms with van der Waals surface area (Å²) in [7, 11) is 3.61. The summed E-state index contributed by atoms with van der Waals surface area (Å²) >= 11 is 0. The third-order valence-corrected chi connectivity index (χ3v) is 4.40. The number of rotatable bonds is 11. The molecule has 0 aromatic heterocycles. The Balaban J connectivity index is 2.71. The van der Waals surface area contributed by atoms with Gasteiger partial charge in [-0.3, -0.25) is 9.59 Å². The van der Waals surface area contributed by atoms with Crippen LogP contribution in [0.15, 0.2) is 24.3 Å². The van der Waals surface area contributed by atoms with Crippen LogP contribution in [-0.4, -0.2) is 65.5 Å². The maximum atomic E-state index is 12.4. The number of esters is 2. The zero-order chi connectivity index (χ0) is 21.5. The highest BCUT2D eigenvalue weighted by Gasteiger charge is 2.46. The molecular formula is C20H30O9. The van der Waals surface area contributed by atoms with Crippen molar-refractivity contribution in [3.8, 4) is 0 Å². The van der Waals surface area contributed by atoms with Gasteiger partial charge >= 0.3 is 18.1 Å². The lowest BCUT2D eigenvalue weighted by Gasteiger charge is -2.26. The lowest BCUT2D eigenvalue weighted by Crippen LogP contribution is -2.40. The van der Waals surface area contributed by atoms with Crippen molar-refractivity contribution in [1.29, 1.82) is 0 Å². The molecular weight excluding hydrogens is 384 g/mol. The van der Waals surface area contributed by atoms with E-state index in [1.165, 1.54) is 27.4 Å². The van der Waals surface area contributed by atoms with Gasteiger partial charge in [0, 0.05) is 6.61 Å². The number of methoxy groups -OCH3 is 3. The Kier molecular flexibility index (Phi) is 11.7. The first-order valence-electron chi connectivity index (χ1n) is 9.41.